The lowest BCUT2D eigenvalue weighted by Gasteiger charge is -2.22. The molecule has 3 aromatic rings. The molecule has 1 saturated carbocycles. The molecule has 1 heterocycles. The Morgan fingerprint density at radius 2 is 1.75 bits per heavy atom. The van der Waals surface area contributed by atoms with Crippen LogP contribution in [0.4, 0.5) is 5.69 Å². The van der Waals surface area contributed by atoms with Crippen molar-refractivity contribution in [3.8, 4) is 17.0 Å². The average Bonchev–Trinajstić information content (AvgIpc) is 3.22. The van der Waals surface area contributed by atoms with Crippen LogP contribution in [-0.4, -0.2) is 22.9 Å². The highest BCUT2D eigenvalue weighted by Crippen LogP contribution is 2.33. The highest BCUT2D eigenvalue weighted by molar-refractivity contribution is 8.93. The van der Waals surface area contributed by atoms with Gasteiger partial charge in [-0.05, 0) is 67.5 Å². The summed E-state index contributed by atoms with van der Waals surface area (Å²) >= 11 is 1.65. The van der Waals surface area contributed by atoms with Gasteiger partial charge in [-0.1, -0.05) is 43.5 Å². The molecule has 0 aliphatic heterocycles. The van der Waals surface area contributed by atoms with Gasteiger partial charge >= 0.3 is 0 Å². The van der Waals surface area contributed by atoms with Crippen molar-refractivity contribution in [3.05, 3.63) is 64.3 Å². The van der Waals surface area contributed by atoms with Gasteiger partial charge in [0.1, 0.15) is 5.75 Å². The van der Waals surface area contributed by atoms with E-state index in [4.69, 9.17) is 9.73 Å². The van der Waals surface area contributed by atoms with Crippen LogP contribution in [0.25, 0.3) is 11.3 Å². The van der Waals surface area contributed by atoms with Crippen LogP contribution in [0.15, 0.2) is 58.9 Å². The summed E-state index contributed by atoms with van der Waals surface area (Å²) in [6, 6.07) is 17.0. The average molecular weight is 518 g/mol. The third-order valence-corrected chi connectivity index (χ3v) is 6.86. The highest BCUT2D eigenvalue weighted by atomic mass is 79.9. The summed E-state index contributed by atoms with van der Waals surface area (Å²) in [6.07, 6.45) is 7.44. The largest absolute Gasteiger partial charge is 0.494 e. The first-order valence-corrected chi connectivity index (χ1v) is 12.3. The molecule has 6 heteroatoms. The lowest BCUT2D eigenvalue weighted by atomic mass is 9.84. The molecule has 1 aliphatic carbocycles. The summed E-state index contributed by atoms with van der Waals surface area (Å²) in [6.45, 7) is 3.56. The minimum absolute atomic E-state index is 0. The van der Waals surface area contributed by atoms with Crippen molar-refractivity contribution in [1.29, 1.82) is 0 Å². The van der Waals surface area contributed by atoms with Crippen molar-refractivity contribution < 1.29 is 9.84 Å². The molecule has 0 spiro atoms. The number of aromatic nitrogens is 1. The zero-order chi connectivity index (χ0) is 21.5. The number of hydrogen-bond donors (Lipinski definition) is 1. The van der Waals surface area contributed by atoms with Crippen molar-refractivity contribution >= 4 is 34.0 Å². The van der Waals surface area contributed by atoms with Gasteiger partial charge in [0.2, 0.25) is 0 Å². The van der Waals surface area contributed by atoms with E-state index in [9.17, 15) is 5.11 Å². The Hall–Kier alpha value is -1.89. The number of benzene rings is 2. The lowest BCUT2D eigenvalue weighted by Crippen LogP contribution is -2.16. The Balaban J connectivity index is 0.00000289. The van der Waals surface area contributed by atoms with Crippen LogP contribution < -0.4 is 9.54 Å². The zero-order valence-corrected chi connectivity index (χ0v) is 21.2. The van der Waals surface area contributed by atoms with E-state index in [0.717, 1.165) is 28.7 Å². The number of hydrogen-bond acceptors (Lipinski definition) is 4. The predicted molar refractivity (Wildman–Crippen MR) is 138 cm³/mol. The first-order chi connectivity index (χ1) is 15.3. The molecule has 0 unspecified atom stereocenters. The zero-order valence-electron chi connectivity index (χ0n) is 18.7. The molecule has 1 aliphatic rings. The number of nitrogens with zero attached hydrogens (tertiary/aromatic N) is 2. The molecule has 0 saturated heterocycles. The van der Waals surface area contributed by atoms with Gasteiger partial charge in [-0.2, -0.15) is 0 Å². The molecule has 0 radical (unpaired) electrons. The molecule has 0 amide bonds. The Bertz CT molecular complexity index is 1020. The molecule has 4 rings (SSSR count). The van der Waals surface area contributed by atoms with E-state index in [-0.39, 0.29) is 23.6 Å². The second kappa shape index (κ2) is 12.4. The minimum atomic E-state index is 0. The van der Waals surface area contributed by atoms with Crippen molar-refractivity contribution in [2.45, 2.75) is 57.9 Å². The van der Waals surface area contributed by atoms with Crippen LogP contribution in [0.5, 0.6) is 5.75 Å². The highest BCUT2D eigenvalue weighted by Gasteiger charge is 2.16. The van der Waals surface area contributed by atoms with Gasteiger partial charge in [-0.3, -0.25) is 0 Å². The number of halogens is 1. The van der Waals surface area contributed by atoms with E-state index in [1.54, 1.807) is 11.3 Å². The van der Waals surface area contributed by atoms with Crippen LogP contribution in [0, 0.1) is 0 Å². The SMILES string of the molecule is Br.CCOc1ccc(N=c2scc(-c3ccc(C4CCCCC4)cc3)n2CCCO)cc1. The maximum Gasteiger partial charge on any atom is 0.190 e. The number of aliphatic hydroxyl groups excluding tert-OH is 1. The third kappa shape index (κ3) is 6.12. The normalized spacial score (nSPS) is 14.9. The molecule has 172 valence electrons. The number of rotatable bonds is 8. The number of thiazole rings is 1. The maximum atomic E-state index is 9.41. The standard InChI is InChI=1S/C26H32N2O2S.BrH/c1-2-30-24-15-13-23(14-16-24)27-26-28(17-6-18-29)25(19-31-26)22-11-9-21(10-12-22)20-7-4-3-5-8-20;/h9-16,19-20,29H,2-8,17-18H2,1H3;1H. The van der Waals surface area contributed by atoms with Gasteiger partial charge in [0.15, 0.2) is 4.80 Å². The maximum absolute atomic E-state index is 9.41. The quantitative estimate of drug-likeness (QED) is 0.355. The molecule has 2 aromatic carbocycles. The second-order valence-corrected chi connectivity index (χ2v) is 8.96. The Morgan fingerprint density at radius 1 is 1.03 bits per heavy atom. The smallest absolute Gasteiger partial charge is 0.190 e. The predicted octanol–water partition coefficient (Wildman–Crippen LogP) is 6.86. The van der Waals surface area contributed by atoms with Crippen molar-refractivity contribution in [2.75, 3.05) is 13.2 Å². The summed E-state index contributed by atoms with van der Waals surface area (Å²) in [5.74, 6) is 1.58. The van der Waals surface area contributed by atoms with Crippen LogP contribution in [0.2, 0.25) is 0 Å². The Morgan fingerprint density at radius 3 is 2.41 bits per heavy atom. The third-order valence-electron chi connectivity index (χ3n) is 5.99. The van der Waals surface area contributed by atoms with Crippen LogP contribution in [0.3, 0.4) is 0 Å². The molecule has 1 fully saturated rings. The van der Waals surface area contributed by atoms with E-state index < -0.39 is 0 Å². The first-order valence-electron chi connectivity index (χ1n) is 11.5. The summed E-state index contributed by atoms with van der Waals surface area (Å²) in [4.78, 5) is 5.82. The van der Waals surface area contributed by atoms with E-state index >= 15 is 0 Å². The molecule has 1 N–H and O–H groups in total. The van der Waals surface area contributed by atoms with E-state index in [2.05, 4.69) is 34.2 Å². The second-order valence-electron chi connectivity index (χ2n) is 8.13. The van der Waals surface area contributed by atoms with Crippen LogP contribution in [-0.2, 0) is 6.54 Å². The molecule has 32 heavy (non-hydrogen) atoms. The fourth-order valence-corrected chi connectivity index (χ4v) is 5.31. The molecular formula is C26H33BrN2O2S. The van der Waals surface area contributed by atoms with Crippen LogP contribution >= 0.6 is 28.3 Å². The molecule has 1 aromatic heterocycles. The summed E-state index contributed by atoms with van der Waals surface area (Å²) in [7, 11) is 0. The van der Waals surface area contributed by atoms with E-state index in [1.165, 1.54) is 48.9 Å². The number of aliphatic hydroxyl groups is 1. The summed E-state index contributed by atoms with van der Waals surface area (Å²) in [5.41, 5.74) is 4.75. The minimum Gasteiger partial charge on any atom is -0.494 e. The van der Waals surface area contributed by atoms with Gasteiger partial charge in [-0.15, -0.1) is 28.3 Å². The molecule has 0 atom stereocenters. The molecule has 0 bridgehead atoms. The van der Waals surface area contributed by atoms with Gasteiger partial charge in [-0.25, -0.2) is 4.99 Å². The lowest BCUT2D eigenvalue weighted by molar-refractivity contribution is 0.279. The number of ether oxygens (including phenoxy) is 1. The Kier molecular flexibility index (Phi) is 9.57. The molecular weight excluding hydrogens is 484 g/mol. The van der Waals surface area contributed by atoms with Gasteiger partial charge in [0, 0.05) is 18.5 Å². The van der Waals surface area contributed by atoms with E-state index in [0.29, 0.717) is 13.0 Å². The van der Waals surface area contributed by atoms with Crippen LogP contribution in [0.1, 0.15) is 56.9 Å². The van der Waals surface area contributed by atoms with Gasteiger partial charge < -0.3 is 14.4 Å². The molecule has 4 nitrogen and oxygen atoms in total. The van der Waals surface area contributed by atoms with Gasteiger partial charge in [0.25, 0.3) is 0 Å². The Labute approximate surface area is 205 Å². The fraction of sp³-hybridized carbons (Fsp3) is 0.423. The monoisotopic (exact) mass is 516 g/mol. The topological polar surface area (TPSA) is 46.8 Å². The van der Waals surface area contributed by atoms with Crippen molar-refractivity contribution in [3.63, 3.8) is 0 Å². The first kappa shape index (κ1) is 24.7. The van der Waals surface area contributed by atoms with Crippen molar-refractivity contribution in [2.24, 2.45) is 4.99 Å². The fourth-order valence-electron chi connectivity index (χ4n) is 4.35. The summed E-state index contributed by atoms with van der Waals surface area (Å²) in [5, 5.41) is 11.6. The van der Waals surface area contributed by atoms with Gasteiger partial charge in [0.05, 0.1) is 18.0 Å². The summed E-state index contributed by atoms with van der Waals surface area (Å²) < 4.78 is 7.76. The van der Waals surface area contributed by atoms with E-state index in [1.807, 2.05) is 31.2 Å². The van der Waals surface area contributed by atoms with Crippen molar-refractivity contribution in [1.82, 2.24) is 4.57 Å².